The van der Waals surface area contributed by atoms with Gasteiger partial charge in [0.15, 0.2) is 0 Å². The van der Waals surface area contributed by atoms with Gasteiger partial charge in [-0.15, -0.1) is 0 Å². The second-order valence-electron chi connectivity index (χ2n) is 4.44. The molecule has 0 spiro atoms. The molecule has 0 saturated heterocycles. The van der Waals surface area contributed by atoms with Gasteiger partial charge in [-0.05, 0) is 58.7 Å². The molecule has 0 aliphatic rings. The summed E-state index contributed by atoms with van der Waals surface area (Å²) in [5, 5.41) is 13.2. The molecule has 0 amide bonds. The van der Waals surface area contributed by atoms with Crippen molar-refractivity contribution >= 4 is 37.5 Å². The third-order valence-corrected chi connectivity index (χ3v) is 4.17. The van der Waals surface area contributed by atoms with E-state index in [9.17, 15) is 9.50 Å². The SMILES string of the molecule is CCC(Nc1ccc(Br)c(F)c1)c1cc(Br)ccc1O. The summed E-state index contributed by atoms with van der Waals surface area (Å²) in [5.74, 6) is -0.0894. The van der Waals surface area contributed by atoms with Crippen molar-refractivity contribution in [3.63, 3.8) is 0 Å². The molecule has 0 saturated carbocycles. The summed E-state index contributed by atoms with van der Waals surface area (Å²) in [4.78, 5) is 0. The Bertz CT molecular complexity index is 619. The fourth-order valence-corrected chi connectivity index (χ4v) is 2.62. The molecule has 0 fully saturated rings. The molecule has 1 atom stereocenters. The van der Waals surface area contributed by atoms with Crippen molar-refractivity contribution in [2.45, 2.75) is 19.4 Å². The van der Waals surface area contributed by atoms with E-state index in [4.69, 9.17) is 0 Å². The van der Waals surface area contributed by atoms with Crippen molar-refractivity contribution in [3.05, 3.63) is 56.7 Å². The van der Waals surface area contributed by atoms with Crippen LogP contribution in [0.15, 0.2) is 45.3 Å². The Morgan fingerprint density at radius 3 is 2.60 bits per heavy atom. The molecule has 2 N–H and O–H groups in total. The second kappa shape index (κ2) is 6.59. The summed E-state index contributed by atoms with van der Waals surface area (Å²) < 4.78 is 14.9. The summed E-state index contributed by atoms with van der Waals surface area (Å²) in [5.41, 5.74) is 1.46. The lowest BCUT2D eigenvalue weighted by atomic mass is 10.0. The number of anilines is 1. The maximum atomic E-state index is 13.5. The first-order valence-corrected chi connectivity index (χ1v) is 7.80. The Morgan fingerprint density at radius 1 is 1.20 bits per heavy atom. The van der Waals surface area contributed by atoms with Crippen molar-refractivity contribution in [1.29, 1.82) is 0 Å². The fraction of sp³-hybridized carbons (Fsp3) is 0.200. The standard InChI is InChI=1S/C15H14Br2FNO/c1-2-14(11-7-9(16)3-6-15(11)20)19-10-4-5-12(17)13(18)8-10/h3-8,14,19-20H,2H2,1H3. The van der Waals surface area contributed by atoms with E-state index in [0.717, 1.165) is 16.5 Å². The van der Waals surface area contributed by atoms with Crippen LogP contribution in [-0.4, -0.2) is 5.11 Å². The van der Waals surface area contributed by atoms with Crippen molar-refractivity contribution < 1.29 is 9.50 Å². The minimum absolute atomic E-state index is 0.0897. The van der Waals surface area contributed by atoms with Crippen molar-refractivity contribution in [1.82, 2.24) is 0 Å². The number of hydrogen-bond acceptors (Lipinski definition) is 2. The first-order chi connectivity index (χ1) is 9.51. The molecule has 0 bridgehead atoms. The number of phenols is 1. The molecule has 106 valence electrons. The molecule has 0 aliphatic heterocycles. The molecule has 2 aromatic carbocycles. The maximum absolute atomic E-state index is 13.5. The van der Waals surface area contributed by atoms with E-state index in [1.54, 1.807) is 24.3 Å². The van der Waals surface area contributed by atoms with Crippen LogP contribution < -0.4 is 5.32 Å². The second-order valence-corrected chi connectivity index (χ2v) is 6.21. The number of phenolic OH excluding ortho intramolecular Hbond substituents is 1. The third-order valence-electron chi connectivity index (χ3n) is 3.03. The number of benzene rings is 2. The molecule has 0 radical (unpaired) electrons. The quantitative estimate of drug-likeness (QED) is 0.695. The lowest BCUT2D eigenvalue weighted by Crippen LogP contribution is -2.10. The van der Waals surface area contributed by atoms with Crippen LogP contribution in [0, 0.1) is 5.82 Å². The smallest absolute Gasteiger partial charge is 0.139 e. The highest BCUT2D eigenvalue weighted by molar-refractivity contribution is 9.10. The minimum Gasteiger partial charge on any atom is -0.508 e. The fourth-order valence-electron chi connectivity index (χ4n) is 1.99. The molecule has 2 nitrogen and oxygen atoms in total. The lowest BCUT2D eigenvalue weighted by molar-refractivity contribution is 0.462. The van der Waals surface area contributed by atoms with Crippen LogP contribution >= 0.6 is 31.9 Å². The molecule has 2 rings (SSSR count). The van der Waals surface area contributed by atoms with Gasteiger partial charge in [0.05, 0.1) is 10.5 Å². The van der Waals surface area contributed by atoms with E-state index in [0.29, 0.717) is 10.2 Å². The number of hydrogen-bond donors (Lipinski definition) is 2. The average molecular weight is 403 g/mol. The van der Waals surface area contributed by atoms with Gasteiger partial charge in [0.25, 0.3) is 0 Å². The molecular weight excluding hydrogens is 389 g/mol. The Labute approximate surface area is 134 Å². The first kappa shape index (κ1) is 15.3. The van der Waals surface area contributed by atoms with E-state index in [2.05, 4.69) is 37.2 Å². The highest BCUT2D eigenvalue weighted by Crippen LogP contribution is 2.32. The van der Waals surface area contributed by atoms with E-state index in [1.807, 2.05) is 13.0 Å². The van der Waals surface area contributed by atoms with Gasteiger partial charge in [0.1, 0.15) is 11.6 Å². The molecular formula is C15H14Br2FNO. The van der Waals surface area contributed by atoms with E-state index >= 15 is 0 Å². The minimum atomic E-state index is -0.316. The number of halogens is 3. The van der Waals surface area contributed by atoms with Crippen molar-refractivity contribution in [2.24, 2.45) is 0 Å². The van der Waals surface area contributed by atoms with Crippen LogP contribution in [0.2, 0.25) is 0 Å². The molecule has 0 heterocycles. The van der Waals surface area contributed by atoms with Gasteiger partial charge in [-0.2, -0.15) is 0 Å². The van der Waals surface area contributed by atoms with Crippen LogP contribution in [0.1, 0.15) is 24.9 Å². The Hall–Kier alpha value is -1.07. The Morgan fingerprint density at radius 2 is 1.95 bits per heavy atom. The number of rotatable bonds is 4. The maximum Gasteiger partial charge on any atom is 0.139 e. The van der Waals surface area contributed by atoms with Crippen LogP contribution in [-0.2, 0) is 0 Å². The van der Waals surface area contributed by atoms with Gasteiger partial charge < -0.3 is 10.4 Å². The van der Waals surface area contributed by atoms with Crippen LogP contribution in [0.5, 0.6) is 5.75 Å². The van der Waals surface area contributed by atoms with Gasteiger partial charge >= 0.3 is 0 Å². The monoisotopic (exact) mass is 401 g/mol. The largest absolute Gasteiger partial charge is 0.508 e. The Kier molecular flexibility index (Phi) is 5.05. The van der Waals surface area contributed by atoms with Gasteiger partial charge in [0.2, 0.25) is 0 Å². The zero-order chi connectivity index (χ0) is 14.7. The zero-order valence-electron chi connectivity index (χ0n) is 10.8. The molecule has 0 aromatic heterocycles. The zero-order valence-corrected chi connectivity index (χ0v) is 14.0. The van der Waals surface area contributed by atoms with Crippen LogP contribution in [0.4, 0.5) is 10.1 Å². The summed E-state index contributed by atoms with van der Waals surface area (Å²) in [6, 6.07) is 10.1. The molecule has 20 heavy (non-hydrogen) atoms. The van der Waals surface area contributed by atoms with Gasteiger partial charge in [-0.25, -0.2) is 4.39 Å². The molecule has 5 heteroatoms. The Balaban J connectivity index is 2.28. The summed E-state index contributed by atoms with van der Waals surface area (Å²) in [7, 11) is 0. The topological polar surface area (TPSA) is 32.3 Å². The normalized spacial score (nSPS) is 12.2. The predicted molar refractivity (Wildman–Crippen MR) is 86.6 cm³/mol. The average Bonchev–Trinajstić information content (AvgIpc) is 2.43. The van der Waals surface area contributed by atoms with E-state index < -0.39 is 0 Å². The summed E-state index contributed by atoms with van der Waals surface area (Å²) in [6.45, 7) is 2.01. The van der Waals surface area contributed by atoms with Gasteiger partial charge in [-0.3, -0.25) is 0 Å². The molecule has 2 aromatic rings. The van der Waals surface area contributed by atoms with Crippen molar-refractivity contribution in [3.8, 4) is 5.75 Å². The third kappa shape index (κ3) is 3.52. The summed E-state index contributed by atoms with van der Waals surface area (Å²) >= 11 is 6.53. The van der Waals surface area contributed by atoms with Gasteiger partial charge in [0, 0.05) is 15.7 Å². The van der Waals surface area contributed by atoms with E-state index in [1.165, 1.54) is 6.07 Å². The number of nitrogens with one attached hydrogen (secondary N) is 1. The van der Waals surface area contributed by atoms with Crippen molar-refractivity contribution in [2.75, 3.05) is 5.32 Å². The molecule has 1 unspecified atom stereocenters. The molecule has 0 aliphatic carbocycles. The highest BCUT2D eigenvalue weighted by Gasteiger charge is 2.14. The highest BCUT2D eigenvalue weighted by atomic mass is 79.9. The lowest BCUT2D eigenvalue weighted by Gasteiger charge is -2.20. The van der Waals surface area contributed by atoms with E-state index in [-0.39, 0.29) is 17.6 Å². The van der Waals surface area contributed by atoms with Crippen LogP contribution in [0.3, 0.4) is 0 Å². The van der Waals surface area contributed by atoms with Crippen LogP contribution in [0.25, 0.3) is 0 Å². The predicted octanol–water partition coefficient (Wildman–Crippen LogP) is 5.62. The summed E-state index contributed by atoms with van der Waals surface area (Å²) in [6.07, 6.45) is 0.766. The first-order valence-electron chi connectivity index (χ1n) is 6.21. The number of aromatic hydroxyl groups is 1. The van der Waals surface area contributed by atoms with Gasteiger partial charge in [-0.1, -0.05) is 22.9 Å².